The van der Waals surface area contributed by atoms with Crippen molar-refractivity contribution in [3.8, 4) is 0 Å². The zero-order valence-electron chi connectivity index (χ0n) is 14.0. The average molecular weight is 352 g/mol. The SMILES string of the molecule is C=C/C=c1/nc(SCC(=O)N2CCCc3ccccc32)o/c1=C/C=C. The third-order valence-electron chi connectivity index (χ3n) is 3.94. The van der Waals surface area contributed by atoms with Crippen LogP contribution in [0.25, 0.3) is 12.2 Å². The number of oxazole rings is 1. The summed E-state index contributed by atoms with van der Waals surface area (Å²) in [5, 5.41) is 1.16. The molecular formula is C20H20N2O2S. The smallest absolute Gasteiger partial charge is 0.257 e. The van der Waals surface area contributed by atoms with Crippen molar-refractivity contribution < 1.29 is 9.21 Å². The molecule has 0 N–H and O–H groups in total. The van der Waals surface area contributed by atoms with Crippen LogP contribution in [-0.2, 0) is 11.2 Å². The maximum absolute atomic E-state index is 12.7. The fraction of sp³-hybridized carbons (Fsp3) is 0.200. The number of anilines is 1. The molecule has 2 aromatic rings. The molecule has 1 amide bonds. The van der Waals surface area contributed by atoms with E-state index in [4.69, 9.17) is 4.42 Å². The monoisotopic (exact) mass is 352 g/mol. The van der Waals surface area contributed by atoms with Gasteiger partial charge in [0.2, 0.25) is 5.91 Å². The molecule has 25 heavy (non-hydrogen) atoms. The summed E-state index contributed by atoms with van der Waals surface area (Å²) < 4.78 is 5.69. The molecule has 0 aliphatic carbocycles. The number of para-hydroxylation sites is 1. The molecule has 4 nitrogen and oxygen atoms in total. The van der Waals surface area contributed by atoms with Gasteiger partial charge in [-0.3, -0.25) is 4.79 Å². The predicted molar refractivity (Wildman–Crippen MR) is 103 cm³/mol. The molecule has 3 rings (SSSR count). The fourth-order valence-electron chi connectivity index (χ4n) is 2.84. The zero-order chi connectivity index (χ0) is 17.6. The summed E-state index contributed by atoms with van der Waals surface area (Å²) in [5.74, 6) is 0.356. The summed E-state index contributed by atoms with van der Waals surface area (Å²) in [4.78, 5) is 18.9. The van der Waals surface area contributed by atoms with Crippen LogP contribution in [0, 0.1) is 0 Å². The summed E-state index contributed by atoms with van der Waals surface area (Å²) in [6.07, 6.45) is 8.83. The van der Waals surface area contributed by atoms with Gasteiger partial charge in [0.25, 0.3) is 5.22 Å². The number of thioether (sulfide) groups is 1. The Bertz CT molecular complexity index is 877. The van der Waals surface area contributed by atoms with Crippen molar-refractivity contribution in [2.45, 2.75) is 18.1 Å². The molecule has 0 bridgehead atoms. The molecule has 0 spiro atoms. The van der Waals surface area contributed by atoms with E-state index in [0.717, 1.165) is 25.1 Å². The van der Waals surface area contributed by atoms with Gasteiger partial charge in [0.05, 0.1) is 5.75 Å². The number of carbonyl (C=O) groups excluding carboxylic acids is 1. The third-order valence-corrected chi connectivity index (χ3v) is 4.75. The first-order valence-electron chi connectivity index (χ1n) is 8.16. The molecule has 5 heteroatoms. The number of hydrogen-bond acceptors (Lipinski definition) is 4. The van der Waals surface area contributed by atoms with E-state index in [1.54, 1.807) is 24.3 Å². The lowest BCUT2D eigenvalue weighted by Gasteiger charge is -2.29. The van der Waals surface area contributed by atoms with Crippen molar-refractivity contribution in [3.05, 3.63) is 65.9 Å². The van der Waals surface area contributed by atoms with Gasteiger partial charge in [0.15, 0.2) is 5.42 Å². The summed E-state index contributed by atoms with van der Waals surface area (Å²) in [5.41, 5.74) is 2.87. The Morgan fingerprint density at radius 3 is 2.88 bits per heavy atom. The second-order valence-corrected chi connectivity index (χ2v) is 6.53. The zero-order valence-corrected chi connectivity index (χ0v) is 14.8. The van der Waals surface area contributed by atoms with Crippen molar-refractivity contribution in [1.29, 1.82) is 0 Å². The maximum Gasteiger partial charge on any atom is 0.257 e. The molecule has 1 aliphatic rings. The van der Waals surface area contributed by atoms with Crippen LogP contribution in [0.15, 0.2) is 59.2 Å². The van der Waals surface area contributed by atoms with Crippen LogP contribution in [0.1, 0.15) is 12.0 Å². The topological polar surface area (TPSA) is 46.3 Å². The van der Waals surface area contributed by atoms with Gasteiger partial charge >= 0.3 is 0 Å². The molecule has 0 radical (unpaired) electrons. The summed E-state index contributed by atoms with van der Waals surface area (Å²) in [6.45, 7) is 8.11. The van der Waals surface area contributed by atoms with Gasteiger partial charge in [0, 0.05) is 12.2 Å². The Morgan fingerprint density at radius 1 is 1.28 bits per heavy atom. The average Bonchev–Trinajstić information content (AvgIpc) is 3.01. The maximum atomic E-state index is 12.7. The van der Waals surface area contributed by atoms with E-state index in [1.807, 2.05) is 23.1 Å². The Labute approximate surface area is 151 Å². The van der Waals surface area contributed by atoms with Crippen LogP contribution in [0.4, 0.5) is 5.69 Å². The van der Waals surface area contributed by atoms with Crippen LogP contribution >= 0.6 is 11.8 Å². The Balaban J connectivity index is 1.75. The quantitative estimate of drug-likeness (QED) is 0.776. The van der Waals surface area contributed by atoms with Gasteiger partial charge in [0.1, 0.15) is 5.35 Å². The number of allylic oxidation sites excluding steroid dienone is 2. The van der Waals surface area contributed by atoms with Crippen molar-refractivity contribution in [1.82, 2.24) is 4.98 Å². The normalized spacial score (nSPS) is 15.1. The summed E-state index contributed by atoms with van der Waals surface area (Å²) in [6, 6.07) is 8.09. The third kappa shape index (κ3) is 3.94. The number of nitrogens with zero attached hydrogens (tertiary/aromatic N) is 2. The van der Waals surface area contributed by atoms with E-state index in [9.17, 15) is 4.79 Å². The van der Waals surface area contributed by atoms with Crippen molar-refractivity contribution in [2.24, 2.45) is 0 Å². The van der Waals surface area contributed by atoms with Gasteiger partial charge in [-0.2, -0.15) is 0 Å². The lowest BCUT2D eigenvalue weighted by Crippen LogP contribution is -2.36. The molecule has 1 aliphatic heterocycles. The first-order valence-corrected chi connectivity index (χ1v) is 9.15. The lowest BCUT2D eigenvalue weighted by atomic mass is 10.0. The van der Waals surface area contributed by atoms with Gasteiger partial charge in [-0.15, -0.1) is 0 Å². The molecule has 1 aromatic heterocycles. The summed E-state index contributed by atoms with van der Waals surface area (Å²) in [7, 11) is 0. The highest BCUT2D eigenvalue weighted by Gasteiger charge is 2.22. The number of benzene rings is 1. The van der Waals surface area contributed by atoms with Crippen molar-refractivity contribution in [3.63, 3.8) is 0 Å². The van der Waals surface area contributed by atoms with Crippen molar-refractivity contribution in [2.75, 3.05) is 17.2 Å². The molecule has 0 fully saturated rings. The number of fused-ring (bicyclic) bond motifs is 1. The Kier molecular flexibility index (Phi) is 5.56. The number of aromatic nitrogens is 1. The number of aryl methyl sites for hydroxylation is 1. The molecule has 2 heterocycles. The minimum absolute atomic E-state index is 0.0684. The van der Waals surface area contributed by atoms with Gasteiger partial charge in [-0.25, -0.2) is 4.98 Å². The van der Waals surface area contributed by atoms with E-state index in [0.29, 0.717) is 16.0 Å². The first-order chi connectivity index (χ1) is 12.2. The van der Waals surface area contributed by atoms with Gasteiger partial charge in [-0.05, 0) is 36.6 Å². The molecule has 0 saturated carbocycles. The highest BCUT2D eigenvalue weighted by molar-refractivity contribution is 7.99. The largest absolute Gasteiger partial charge is 0.431 e. The highest BCUT2D eigenvalue weighted by Crippen LogP contribution is 2.27. The lowest BCUT2D eigenvalue weighted by molar-refractivity contribution is -0.116. The van der Waals surface area contributed by atoms with Crippen LogP contribution in [0.3, 0.4) is 0 Å². The second-order valence-electron chi connectivity index (χ2n) is 5.60. The molecule has 0 unspecified atom stereocenters. The number of hydrogen-bond donors (Lipinski definition) is 0. The van der Waals surface area contributed by atoms with E-state index in [-0.39, 0.29) is 11.7 Å². The Hall–Kier alpha value is -2.53. The molecule has 0 atom stereocenters. The Morgan fingerprint density at radius 2 is 2.08 bits per heavy atom. The predicted octanol–water partition coefficient (Wildman–Crippen LogP) is 2.68. The number of rotatable bonds is 5. The fourth-order valence-corrected chi connectivity index (χ4v) is 3.55. The summed E-state index contributed by atoms with van der Waals surface area (Å²) >= 11 is 1.31. The van der Waals surface area contributed by atoms with Crippen LogP contribution in [0.5, 0.6) is 0 Å². The van der Waals surface area contributed by atoms with Crippen LogP contribution in [0.2, 0.25) is 0 Å². The first kappa shape index (κ1) is 17.3. The number of carbonyl (C=O) groups is 1. The van der Waals surface area contributed by atoms with E-state index < -0.39 is 0 Å². The van der Waals surface area contributed by atoms with Gasteiger partial charge in [-0.1, -0.05) is 55.3 Å². The molecule has 0 saturated heterocycles. The minimum atomic E-state index is 0.0684. The standard InChI is InChI=1S/C20H20N2O2S/c1-3-8-16-18(9-4-2)24-20(21-16)25-14-19(23)22-13-7-11-15-10-5-6-12-17(15)22/h3-6,8-10,12H,1-2,7,11,13-14H2/b16-8+,18-9+. The van der Waals surface area contributed by atoms with Crippen molar-refractivity contribution >= 4 is 35.5 Å². The van der Waals surface area contributed by atoms with E-state index in [2.05, 4.69) is 24.2 Å². The highest BCUT2D eigenvalue weighted by atomic mass is 32.2. The molecular weight excluding hydrogens is 332 g/mol. The van der Waals surface area contributed by atoms with Crippen LogP contribution < -0.4 is 15.7 Å². The van der Waals surface area contributed by atoms with E-state index >= 15 is 0 Å². The molecule has 1 aromatic carbocycles. The molecule has 128 valence electrons. The second kappa shape index (κ2) is 8.03. The van der Waals surface area contributed by atoms with E-state index in [1.165, 1.54) is 17.3 Å². The van der Waals surface area contributed by atoms with Gasteiger partial charge < -0.3 is 9.32 Å². The minimum Gasteiger partial charge on any atom is -0.431 e. The van der Waals surface area contributed by atoms with Crippen LogP contribution in [-0.4, -0.2) is 23.2 Å². The number of amides is 1.